The van der Waals surface area contributed by atoms with Crippen molar-refractivity contribution in [1.29, 1.82) is 0 Å². The van der Waals surface area contributed by atoms with Gasteiger partial charge in [-0.05, 0) is 43.5 Å². The minimum atomic E-state index is -0.953. The van der Waals surface area contributed by atoms with Crippen molar-refractivity contribution in [1.82, 2.24) is 4.98 Å². The van der Waals surface area contributed by atoms with Gasteiger partial charge in [-0.15, -0.1) is 0 Å². The highest BCUT2D eigenvalue weighted by Crippen LogP contribution is 2.33. The van der Waals surface area contributed by atoms with Crippen LogP contribution in [0.25, 0.3) is 11.1 Å². The second-order valence-corrected chi connectivity index (χ2v) is 6.41. The highest BCUT2D eigenvalue weighted by Gasteiger charge is 2.15. The molecule has 144 valence electrons. The lowest BCUT2D eigenvalue weighted by molar-refractivity contribution is 0.0697. The fourth-order valence-corrected chi connectivity index (χ4v) is 3.18. The van der Waals surface area contributed by atoms with Crippen LogP contribution in [0.15, 0.2) is 54.6 Å². The fourth-order valence-electron chi connectivity index (χ4n) is 3.18. The summed E-state index contributed by atoms with van der Waals surface area (Å²) in [6.07, 6.45) is 0. The van der Waals surface area contributed by atoms with E-state index in [-0.39, 0.29) is 12.2 Å². The number of ether oxygens (including phenoxy) is 2. The van der Waals surface area contributed by atoms with E-state index in [1.165, 1.54) is 0 Å². The maximum absolute atomic E-state index is 11.6. The van der Waals surface area contributed by atoms with Gasteiger partial charge in [-0.25, -0.2) is 4.79 Å². The van der Waals surface area contributed by atoms with Gasteiger partial charge in [0.25, 0.3) is 0 Å². The summed E-state index contributed by atoms with van der Waals surface area (Å²) in [6, 6.07) is 16.5. The third kappa shape index (κ3) is 4.14. The summed E-state index contributed by atoms with van der Waals surface area (Å²) in [5.74, 6) is 0.315. The maximum atomic E-state index is 11.6. The minimum Gasteiger partial charge on any atom is -0.488 e. The first-order valence-corrected chi connectivity index (χ1v) is 9.15. The van der Waals surface area contributed by atoms with E-state index in [0.717, 1.165) is 22.5 Å². The lowest BCUT2D eigenvalue weighted by Crippen LogP contribution is -2.05. The van der Waals surface area contributed by atoms with Gasteiger partial charge < -0.3 is 14.6 Å². The molecule has 0 amide bonds. The van der Waals surface area contributed by atoms with Crippen molar-refractivity contribution in [2.75, 3.05) is 6.61 Å². The van der Waals surface area contributed by atoms with Crippen LogP contribution < -0.4 is 9.47 Å². The summed E-state index contributed by atoms with van der Waals surface area (Å²) in [6.45, 7) is 6.52. The molecule has 0 radical (unpaired) electrons. The van der Waals surface area contributed by atoms with Gasteiger partial charge in [-0.1, -0.05) is 42.5 Å². The highest BCUT2D eigenvalue weighted by atomic mass is 16.5. The first kappa shape index (κ1) is 19.4. The standard InChI is InChI=1S/C23H23NO4/c1-4-27-22-16(3)24-15(2)13-21(22)28-14-17-9-5-6-10-18(17)19-11-7-8-12-20(19)23(25)26/h5-13H,4,14H2,1-3H3,(H,25,26). The van der Waals surface area contributed by atoms with Gasteiger partial charge in [0.15, 0.2) is 11.5 Å². The van der Waals surface area contributed by atoms with E-state index in [2.05, 4.69) is 4.98 Å². The number of pyridine rings is 1. The van der Waals surface area contributed by atoms with Gasteiger partial charge in [0.1, 0.15) is 6.61 Å². The molecule has 2 aromatic carbocycles. The van der Waals surface area contributed by atoms with E-state index in [1.807, 2.05) is 63.2 Å². The summed E-state index contributed by atoms with van der Waals surface area (Å²) < 4.78 is 11.8. The van der Waals surface area contributed by atoms with Crippen molar-refractivity contribution in [3.8, 4) is 22.6 Å². The summed E-state index contributed by atoms with van der Waals surface area (Å²) in [5, 5.41) is 9.53. The van der Waals surface area contributed by atoms with Crippen molar-refractivity contribution >= 4 is 5.97 Å². The Labute approximate surface area is 164 Å². The molecule has 0 fully saturated rings. The average Bonchev–Trinajstić information content (AvgIpc) is 2.69. The van der Waals surface area contributed by atoms with E-state index < -0.39 is 5.97 Å². The first-order chi connectivity index (χ1) is 13.5. The van der Waals surface area contributed by atoms with E-state index >= 15 is 0 Å². The van der Waals surface area contributed by atoms with Crippen molar-refractivity contribution < 1.29 is 19.4 Å². The number of hydrogen-bond acceptors (Lipinski definition) is 4. The number of benzene rings is 2. The number of carboxylic acid groups (broad SMARTS) is 1. The maximum Gasteiger partial charge on any atom is 0.336 e. The third-order valence-corrected chi connectivity index (χ3v) is 4.37. The Morgan fingerprint density at radius 1 is 1.00 bits per heavy atom. The number of aromatic nitrogens is 1. The number of aromatic carboxylic acids is 1. The van der Waals surface area contributed by atoms with E-state index in [9.17, 15) is 9.90 Å². The topological polar surface area (TPSA) is 68.7 Å². The largest absolute Gasteiger partial charge is 0.488 e. The Kier molecular flexibility index (Phi) is 5.94. The number of nitrogens with zero attached hydrogens (tertiary/aromatic N) is 1. The van der Waals surface area contributed by atoms with Gasteiger partial charge in [-0.2, -0.15) is 0 Å². The lowest BCUT2D eigenvalue weighted by atomic mass is 9.96. The Hall–Kier alpha value is -3.34. The average molecular weight is 377 g/mol. The zero-order valence-electron chi connectivity index (χ0n) is 16.2. The van der Waals surface area contributed by atoms with Crippen LogP contribution >= 0.6 is 0 Å². The fraction of sp³-hybridized carbons (Fsp3) is 0.217. The molecular formula is C23H23NO4. The molecule has 1 N–H and O–H groups in total. The third-order valence-electron chi connectivity index (χ3n) is 4.37. The van der Waals surface area contributed by atoms with Crippen LogP contribution in [0, 0.1) is 13.8 Å². The van der Waals surface area contributed by atoms with Crippen LogP contribution in [0.5, 0.6) is 11.5 Å². The second kappa shape index (κ2) is 8.57. The van der Waals surface area contributed by atoms with E-state index in [4.69, 9.17) is 9.47 Å². The van der Waals surface area contributed by atoms with Gasteiger partial charge in [-0.3, -0.25) is 4.98 Å². The molecule has 28 heavy (non-hydrogen) atoms. The summed E-state index contributed by atoms with van der Waals surface area (Å²) in [4.78, 5) is 16.1. The molecule has 0 unspecified atom stereocenters. The molecule has 0 saturated carbocycles. The Balaban J connectivity index is 1.96. The molecular weight excluding hydrogens is 354 g/mol. The Morgan fingerprint density at radius 2 is 1.68 bits per heavy atom. The molecule has 3 aromatic rings. The van der Waals surface area contributed by atoms with Crippen molar-refractivity contribution in [2.45, 2.75) is 27.4 Å². The number of rotatable bonds is 7. The van der Waals surface area contributed by atoms with Gasteiger partial charge in [0.2, 0.25) is 0 Å². The normalized spacial score (nSPS) is 10.5. The molecule has 5 nitrogen and oxygen atoms in total. The Morgan fingerprint density at radius 3 is 2.39 bits per heavy atom. The van der Waals surface area contributed by atoms with Crippen LogP contribution in [0.1, 0.15) is 34.2 Å². The second-order valence-electron chi connectivity index (χ2n) is 6.41. The molecule has 5 heteroatoms. The predicted molar refractivity (Wildman–Crippen MR) is 108 cm³/mol. The van der Waals surface area contributed by atoms with Crippen LogP contribution in [-0.2, 0) is 6.61 Å². The summed E-state index contributed by atoms with van der Waals surface area (Å²) in [5.41, 5.74) is 4.29. The van der Waals surface area contributed by atoms with Crippen molar-refractivity contribution in [2.24, 2.45) is 0 Å². The van der Waals surface area contributed by atoms with Crippen LogP contribution in [0.3, 0.4) is 0 Å². The monoisotopic (exact) mass is 377 g/mol. The van der Waals surface area contributed by atoms with Crippen LogP contribution in [0.4, 0.5) is 0 Å². The number of hydrogen-bond donors (Lipinski definition) is 1. The predicted octanol–water partition coefficient (Wildman–Crippen LogP) is 5.04. The van der Waals surface area contributed by atoms with Crippen molar-refractivity contribution in [3.05, 3.63) is 77.1 Å². The molecule has 0 aliphatic rings. The highest BCUT2D eigenvalue weighted by molar-refractivity contribution is 5.96. The first-order valence-electron chi connectivity index (χ1n) is 9.15. The number of carbonyl (C=O) groups is 1. The zero-order valence-corrected chi connectivity index (χ0v) is 16.2. The van der Waals surface area contributed by atoms with E-state index in [0.29, 0.717) is 23.7 Å². The summed E-state index contributed by atoms with van der Waals surface area (Å²) in [7, 11) is 0. The molecule has 0 saturated heterocycles. The SMILES string of the molecule is CCOc1c(OCc2ccccc2-c2ccccc2C(=O)O)cc(C)nc1C. The van der Waals surface area contributed by atoms with E-state index in [1.54, 1.807) is 12.1 Å². The molecule has 0 aliphatic carbocycles. The zero-order chi connectivity index (χ0) is 20.1. The van der Waals surface area contributed by atoms with Gasteiger partial charge in [0.05, 0.1) is 17.9 Å². The quantitative estimate of drug-likeness (QED) is 0.625. The number of carboxylic acids is 1. The Bertz CT molecular complexity index is 998. The van der Waals surface area contributed by atoms with Gasteiger partial charge in [0, 0.05) is 11.8 Å². The van der Waals surface area contributed by atoms with Gasteiger partial charge >= 0.3 is 5.97 Å². The summed E-state index contributed by atoms with van der Waals surface area (Å²) >= 11 is 0. The molecule has 0 aliphatic heterocycles. The lowest BCUT2D eigenvalue weighted by Gasteiger charge is -2.16. The molecule has 0 spiro atoms. The minimum absolute atomic E-state index is 0.264. The number of aryl methyl sites for hydroxylation is 2. The molecule has 3 rings (SSSR count). The molecule has 0 atom stereocenters. The molecule has 1 aromatic heterocycles. The molecule has 0 bridgehead atoms. The van der Waals surface area contributed by atoms with Crippen molar-refractivity contribution in [3.63, 3.8) is 0 Å². The smallest absolute Gasteiger partial charge is 0.336 e. The van der Waals surface area contributed by atoms with Crippen LogP contribution in [0.2, 0.25) is 0 Å². The van der Waals surface area contributed by atoms with Crippen LogP contribution in [-0.4, -0.2) is 22.7 Å². The molecule has 1 heterocycles.